The summed E-state index contributed by atoms with van der Waals surface area (Å²) in [6.07, 6.45) is 6.84. The van der Waals surface area contributed by atoms with Gasteiger partial charge >= 0.3 is 0 Å². The van der Waals surface area contributed by atoms with E-state index in [2.05, 4.69) is 10.6 Å². The summed E-state index contributed by atoms with van der Waals surface area (Å²) in [6.45, 7) is 1.42. The molecule has 2 aliphatic heterocycles. The lowest BCUT2D eigenvalue weighted by Gasteiger charge is -2.28. The topological polar surface area (TPSA) is 106 Å². The van der Waals surface area contributed by atoms with E-state index in [4.69, 9.17) is 21.4 Å². The molecule has 3 aromatic rings. The first-order valence-corrected chi connectivity index (χ1v) is 11.8. The van der Waals surface area contributed by atoms with Gasteiger partial charge in [0.2, 0.25) is 5.91 Å². The zero-order valence-corrected chi connectivity index (χ0v) is 19.7. The summed E-state index contributed by atoms with van der Waals surface area (Å²) in [4.78, 5) is 39.8. The third-order valence-electron chi connectivity index (χ3n) is 6.06. The second kappa shape index (κ2) is 9.85. The zero-order valence-electron chi connectivity index (χ0n) is 18.9. The Morgan fingerprint density at radius 2 is 2.09 bits per heavy atom. The molecule has 0 saturated carbocycles. The molecule has 4 heterocycles. The minimum absolute atomic E-state index is 0.0268. The summed E-state index contributed by atoms with van der Waals surface area (Å²) in [5.74, 6) is -0.674. The molecule has 3 amide bonds. The van der Waals surface area contributed by atoms with Crippen molar-refractivity contribution in [3.05, 3.63) is 65.8 Å². The van der Waals surface area contributed by atoms with Gasteiger partial charge in [0.25, 0.3) is 11.8 Å². The highest BCUT2D eigenvalue weighted by molar-refractivity contribution is 7.80. The van der Waals surface area contributed by atoms with Crippen LogP contribution in [0, 0.1) is 0 Å². The van der Waals surface area contributed by atoms with Crippen LogP contribution in [-0.2, 0) is 32.2 Å². The number of thiocarbonyl (C=S) groups is 1. The van der Waals surface area contributed by atoms with Crippen molar-refractivity contribution in [2.24, 2.45) is 0 Å². The van der Waals surface area contributed by atoms with Crippen LogP contribution in [0.3, 0.4) is 0 Å². The summed E-state index contributed by atoms with van der Waals surface area (Å²) in [5.41, 5.74) is 1.42. The van der Waals surface area contributed by atoms with E-state index in [0.29, 0.717) is 17.9 Å². The van der Waals surface area contributed by atoms with Crippen molar-refractivity contribution in [1.82, 2.24) is 20.1 Å². The number of amides is 3. The summed E-state index contributed by atoms with van der Waals surface area (Å²) in [7, 11) is 0. The highest BCUT2D eigenvalue weighted by Crippen LogP contribution is 2.25. The monoisotopic (exact) mass is 492 g/mol. The molecular weight excluding hydrogens is 468 g/mol. The fourth-order valence-corrected chi connectivity index (χ4v) is 4.56. The van der Waals surface area contributed by atoms with Gasteiger partial charge in [-0.15, -0.1) is 0 Å². The van der Waals surface area contributed by atoms with E-state index in [-0.39, 0.29) is 35.8 Å². The first-order valence-electron chi connectivity index (χ1n) is 11.4. The molecule has 1 unspecified atom stereocenters. The van der Waals surface area contributed by atoms with Crippen molar-refractivity contribution >= 4 is 52.0 Å². The zero-order chi connectivity index (χ0) is 24.4. The van der Waals surface area contributed by atoms with Crippen LogP contribution in [0.1, 0.15) is 24.2 Å². The van der Waals surface area contributed by atoms with Crippen LogP contribution < -0.4 is 10.6 Å². The number of carbonyl (C=O) groups excluding carboxylic acids is 3. The van der Waals surface area contributed by atoms with Crippen LogP contribution >= 0.6 is 12.2 Å². The Hall–Kier alpha value is -3.76. The molecule has 2 saturated heterocycles. The molecular formula is C25H24N4O5S. The lowest BCUT2D eigenvalue weighted by molar-refractivity contribution is -0.129. The van der Waals surface area contributed by atoms with Crippen molar-refractivity contribution in [3.63, 3.8) is 0 Å². The predicted molar refractivity (Wildman–Crippen MR) is 132 cm³/mol. The lowest BCUT2D eigenvalue weighted by atomic mass is 10.1. The minimum Gasteiger partial charge on any atom is -0.467 e. The van der Waals surface area contributed by atoms with Gasteiger partial charge in [0.1, 0.15) is 17.9 Å². The Kier molecular flexibility index (Phi) is 6.47. The molecule has 35 heavy (non-hydrogen) atoms. The Balaban J connectivity index is 1.40. The van der Waals surface area contributed by atoms with Crippen molar-refractivity contribution < 1.29 is 23.5 Å². The first kappa shape index (κ1) is 23.0. The van der Waals surface area contributed by atoms with E-state index in [0.717, 1.165) is 30.4 Å². The van der Waals surface area contributed by atoms with Crippen LogP contribution in [0.4, 0.5) is 0 Å². The Labute approximate surface area is 206 Å². The second-order valence-corrected chi connectivity index (χ2v) is 8.84. The van der Waals surface area contributed by atoms with E-state index >= 15 is 0 Å². The van der Waals surface area contributed by atoms with E-state index in [9.17, 15) is 14.4 Å². The number of benzene rings is 1. The summed E-state index contributed by atoms with van der Waals surface area (Å²) < 4.78 is 12.7. The molecule has 2 fully saturated rings. The summed E-state index contributed by atoms with van der Waals surface area (Å²) in [6, 6.07) is 11.0. The van der Waals surface area contributed by atoms with Gasteiger partial charge in [0.05, 0.1) is 18.9 Å². The Morgan fingerprint density at radius 3 is 2.86 bits per heavy atom. The third-order valence-corrected chi connectivity index (χ3v) is 6.39. The number of hydrogen-bond acceptors (Lipinski definition) is 6. The molecule has 2 N–H and O–H groups in total. The van der Waals surface area contributed by atoms with Crippen molar-refractivity contribution in [1.29, 1.82) is 0 Å². The van der Waals surface area contributed by atoms with Gasteiger partial charge in [-0.1, -0.05) is 18.2 Å². The number of fused-ring (bicyclic) bond motifs is 1. The molecule has 0 bridgehead atoms. The van der Waals surface area contributed by atoms with E-state index in [1.165, 1.54) is 17.2 Å². The largest absolute Gasteiger partial charge is 0.467 e. The van der Waals surface area contributed by atoms with Crippen LogP contribution in [0.25, 0.3) is 17.0 Å². The lowest BCUT2D eigenvalue weighted by Crippen LogP contribution is -2.53. The predicted octanol–water partition coefficient (Wildman–Crippen LogP) is 2.36. The Morgan fingerprint density at radius 1 is 1.23 bits per heavy atom. The van der Waals surface area contributed by atoms with Gasteiger partial charge in [0.15, 0.2) is 5.11 Å². The van der Waals surface area contributed by atoms with Gasteiger partial charge in [-0.3, -0.25) is 24.6 Å². The number of nitrogens with zero attached hydrogens (tertiary/aromatic N) is 2. The second-order valence-electron chi connectivity index (χ2n) is 8.46. The molecule has 2 aromatic heterocycles. The van der Waals surface area contributed by atoms with Crippen molar-refractivity contribution in [2.75, 3.05) is 13.2 Å². The number of nitrogens with one attached hydrogen (secondary N) is 2. The summed E-state index contributed by atoms with van der Waals surface area (Å²) in [5, 5.41) is 6.35. The molecule has 10 heteroatoms. The maximum absolute atomic E-state index is 13.2. The van der Waals surface area contributed by atoms with Gasteiger partial charge < -0.3 is 19.0 Å². The number of aromatic nitrogens is 1. The summed E-state index contributed by atoms with van der Waals surface area (Å²) >= 11 is 5.21. The van der Waals surface area contributed by atoms with E-state index in [1.54, 1.807) is 18.3 Å². The highest BCUT2D eigenvalue weighted by Gasteiger charge is 2.34. The quantitative estimate of drug-likeness (QED) is 0.298. The number of rotatable bonds is 7. The maximum Gasteiger partial charge on any atom is 0.266 e. The standard InChI is InChI=1S/C25H24N4O5S/c30-22(26-12-17-5-3-9-33-17)15-28-13-16(19-7-1-2-8-21(19)28)11-20-23(31)27-25(35)29(24(20)32)14-18-6-4-10-34-18/h1-2,4,6-8,10-11,13,17H,3,5,9,12,14-15H2,(H,26,30)(H,27,31,35)/b20-11+. The molecule has 9 nitrogen and oxygen atoms in total. The molecule has 1 atom stereocenters. The number of furan rings is 1. The highest BCUT2D eigenvalue weighted by atomic mass is 32.1. The third kappa shape index (κ3) is 4.89. The van der Waals surface area contributed by atoms with Gasteiger partial charge in [-0.25, -0.2) is 0 Å². The molecule has 1 aromatic carbocycles. The minimum atomic E-state index is -0.568. The van der Waals surface area contributed by atoms with Crippen LogP contribution in [0.2, 0.25) is 0 Å². The molecule has 5 rings (SSSR count). The Bertz CT molecular complexity index is 1320. The molecule has 180 valence electrons. The molecule has 0 spiro atoms. The SMILES string of the molecule is O=C(Cn1cc(/C=C2\C(=O)NC(=S)N(Cc3ccco3)C2=O)c2ccccc21)NCC1CCCO1. The van der Waals surface area contributed by atoms with Gasteiger partial charge in [-0.05, 0) is 49.3 Å². The molecule has 0 radical (unpaired) electrons. The smallest absolute Gasteiger partial charge is 0.266 e. The van der Waals surface area contributed by atoms with Gasteiger partial charge in [0, 0.05) is 35.8 Å². The normalized spacial score (nSPS) is 19.5. The van der Waals surface area contributed by atoms with E-state index in [1.807, 2.05) is 28.8 Å². The first-order chi connectivity index (χ1) is 17.0. The van der Waals surface area contributed by atoms with Crippen molar-refractivity contribution in [3.8, 4) is 0 Å². The fraction of sp³-hybridized carbons (Fsp3) is 0.280. The molecule has 0 aliphatic carbocycles. The number of carbonyl (C=O) groups is 3. The number of hydrogen-bond donors (Lipinski definition) is 2. The number of ether oxygens (including phenoxy) is 1. The van der Waals surface area contributed by atoms with Gasteiger partial charge in [-0.2, -0.15) is 0 Å². The number of para-hydroxylation sites is 1. The van der Waals surface area contributed by atoms with Crippen LogP contribution in [-0.4, -0.2) is 51.6 Å². The average Bonchev–Trinajstić information content (AvgIpc) is 3.61. The fourth-order valence-electron chi connectivity index (χ4n) is 4.32. The van der Waals surface area contributed by atoms with Crippen LogP contribution in [0.15, 0.2) is 58.8 Å². The van der Waals surface area contributed by atoms with Crippen molar-refractivity contribution in [2.45, 2.75) is 32.0 Å². The maximum atomic E-state index is 13.2. The molecule has 2 aliphatic rings. The van der Waals surface area contributed by atoms with Crippen LogP contribution in [0.5, 0.6) is 0 Å². The van der Waals surface area contributed by atoms with E-state index < -0.39 is 11.8 Å². The average molecular weight is 493 g/mol.